The molecule has 0 aromatic rings. The topological polar surface area (TPSA) is 69.6 Å². The Morgan fingerprint density at radius 3 is 2.05 bits per heavy atom. The summed E-state index contributed by atoms with van der Waals surface area (Å²) in [6.07, 6.45) is 3.13. The molecule has 1 unspecified atom stereocenters. The average Bonchev–Trinajstić information content (AvgIpc) is 2.26. The van der Waals surface area contributed by atoms with Gasteiger partial charge in [0.2, 0.25) is 0 Å². The van der Waals surface area contributed by atoms with Crippen LogP contribution >= 0.6 is 0 Å². The Bertz CT molecular complexity index is 335. The summed E-state index contributed by atoms with van der Waals surface area (Å²) in [5.41, 5.74) is -0.331. The molecule has 0 saturated carbocycles. The molecule has 0 heterocycles. The third-order valence-corrected chi connectivity index (χ3v) is 2.71. The number of hydrogen-bond acceptors (Lipinski definition) is 2. The largest absolute Gasteiger partial charge is 0.481 e. The van der Waals surface area contributed by atoms with Crippen LogP contribution in [0.25, 0.3) is 0 Å². The SMILES string of the molecule is C=CCN(CC=C)C(=O)NC(CC(=O)O)C(C)(C)C. The highest BCUT2D eigenvalue weighted by molar-refractivity contribution is 5.76. The standard InChI is InChI=1S/C14H24N2O3/c1-6-8-16(9-7-2)13(19)15-11(10-12(17)18)14(3,4)5/h6-7,11H,1-2,8-10H2,3-5H3,(H,15,19)(H,17,18). The maximum atomic E-state index is 12.1. The van der Waals surface area contributed by atoms with Crippen molar-refractivity contribution in [3.05, 3.63) is 25.3 Å². The number of carbonyl (C=O) groups excluding carboxylic acids is 1. The maximum absolute atomic E-state index is 12.1. The highest BCUT2D eigenvalue weighted by Gasteiger charge is 2.29. The van der Waals surface area contributed by atoms with Gasteiger partial charge in [0.1, 0.15) is 0 Å². The van der Waals surface area contributed by atoms with E-state index in [1.807, 2.05) is 20.8 Å². The average molecular weight is 268 g/mol. The number of aliphatic carboxylic acids is 1. The Labute approximate surface area is 115 Å². The van der Waals surface area contributed by atoms with E-state index in [0.29, 0.717) is 13.1 Å². The molecule has 108 valence electrons. The number of nitrogens with zero attached hydrogens (tertiary/aromatic N) is 1. The quantitative estimate of drug-likeness (QED) is 0.696. The summed E-state index contributed by atoms with van der Waals surface area (Å²) < 4.78 is 0. The zero-order chi connectivity index (χ0) is 15.1. The van der Waals surface area contributed by atoms with Crippen LogP contribution in [-0.4, -0.2) is 41.1 Å². The second-order valence-corrected chi connectivity index (χ2v) is 5.45. The van der Waals surface area contributed by atoms with Gasteiger partial charge in [-0.1, -0.05) is 32.9 Å². The fourth-order valence-electron chi connectivity index (χ4n) is 1.54. The molecule has 2 amide bonds. The van der Waals surface area contributed by atoms with Crippen LogP contribution in [0, 0.1) is 5.41 Å². The van der Waals surface area contributed by atoms with Crippen molar-refractivity contribution < 1.29 is 14.7 Å². The number of carbonyl (C=O) groups is 2. The van der Waals surface area contributed by atoms with E-state index in [4.69, 9.17) is 5.11 Å². The second-order valence-electron chi connectivity index (χ2n) is 5.45. The number of hydrogen-bond donors (Lipinski definition) is 2. The minimum absolute atomic E-state index is 0.106. The molecule has 1 atom stereocenters. The zero-order valence-electron chi connectivity index (χ0n) is 12.0. The molecular weight excluding hydrogens is 244 g/mol. The lowest BCUT2D eigenvalue weighted by molar-refractivity contribution is -0.138. The zero-order valence-corrected chi connectivity index (χ0v) is 12.0. The number of urea groups is 1. The van der Waals surface area contributed by atoms with E-state index >= 15 is 0 Å². The van der Waals surface area contributed by atoms with E-state index in [-0.39, 0.29) is 17.9 Å². The van der Waals surface area contributed by atoms with Gasteiger partial charge in [-0.2, -0.15) is 0 Å². The third-order valence-electron chi connectivity index (χ3n) is 2.71. The molecule has 0 saturated heterocycles. The maximum Gasteiger partial charge on any atom is 0.318 e. The van der Waals surface area contributed by atoms with Crippen molar-refractivity contribution in [2.24, 2.45) is 5.41 Å². The smallest absolute Gasteiger partial charge is 0.318 e. The minimum atomic E-state index is -0.931. The van der Waals surface area contributed by atoms with Crippen molar-refractivity contribution in [2.45, 2.75) is 33.2 Å². The summed E-state index contributed by atoms with van der Waals surface area (Å²) in [5, 5.41) is 11.7. The van der Waals surface area contributed by atoms with Gasteiger partial charge in [-0.3, -0.25) is 4.79 Å². The predicted molar refractivity (Wildman–Crippen MR) is 76.0 cm³/mol. The van der Waals surface area contributed by atoms with Crippen molar-refractivity contribution in [2.75, 3.05) is 13.1 Å². The number of nitrogens with one attached hydrogen (secondary N) is 1. The molecule has 0 aliphatic rings. The lowest BCUT2D eigenvalue weighted by Crippen LogP contribution is -2.50. The van der Waals surface area contributed by atoms with Gasteiger partial charge in [0.15, 0.2) is 0 Å². The summed E-state index contributed by atoms with van der Waals surface area (Å²) in [4.78, 5) is 24.5. The normalized spacial score (nSPS) is 12.4. The van der Waals surface area contributed by atoms with Gasteiger partial charge in [-0.25, -0.2) is 4.79 Å². The van der Waals surface area contributed by atoms with E-state index in [2.05, 4.69) is 18.5 Å². The van der Waals surface area contributed by atoms with Crippen LogP contribution in [0.4, 0.5) is 4.79 Å². The predicted octanol–water partition coefficient (Wildman–Crippen LogP) is 2.26. The van der Waals surface area contributed by atoms with E-state index in [1.54, 1.807) is 12.2 Å². The van der Waals surface area contributed by atoms with Crippen LogP contribution in [0.2, 0.25) is 0 Å². The number of carboxylic acid groups (broad SMARTS) is 1. The van der Waals surface area contributed by atoms with Gasteiger partial charge in [-0.05, 0) is 5.41 Å². The molecule has 5 heteroatoms. The van der Waals surface area contributed by atoms with Crippen LogP contribution < -0.4 is 5.32 Å². The van der Waals surface area contributed by atoms with E-state index in [0.717, 1.165) is 0 Å². The Hall–Kier alpha value is -1.78. The summed E-state index contributed by atoms with van der Waals surface area (Å²) in [6.45, 7) is 13.6. The molecule has 0 aliphatic carbocycles. The fraction of sp³-hybridized carbons (Fsp3) is 0.571. The second kappa shape index (κ2) is 7.61. The summed E-state index contributed by atoms with van der Waals surface area (Å²) in [7, 11) is 0. The van der Waals surface area contributed by atoms with Gasteiger partial charge >= 0.3 is 12.0 Å². The van der Waals surface area contributed by atoms with Gasteiger partial charge < -0.3 is 15.3 Å². The third kappa shape index (κ3) is 6.64. The van der Waals surface area contributed by atoms with Crippen molar-refractivity contribution in [3.8, 4) is 0 Å². The summed E-state index contributed by atoms with van der Waals surface area (Å²) in [5.74, 6) is -0.931. The molecule has 0 radical (unpaired) electrons. The van der Waals surface area contributed by atoms with E-state index < -0.39 is 12.0 Å². The first-order valence-corrected chi connectivity index (χ1v) is 6.21. The van der Waals surface area contributed by atoms with Crippen LogP contribution in [0.1, 0.15) is 27.2 Å². The molecule has 19 heavy (non-hydrogen) atoms. The Kier molecular flexibility index (Phi) is 6.90. The van der Waals surface area contributed by atoms with Crippen molar-refractivity contribution >= 4 is 12.0 Å². The van der Waals surface area contributed by atoms with Crippen LogP contribution in [0.5, 0.6) is 0 Å². The molecule has 0 bridgehead atoms. The van der Waals surface area contributed by atoms with Gasteiger partial charge in [0.25, 0.3) is 0 Å². The molecule has 0 aliphatic heterocycles. The monoisotopic (exact) mass is 268 g/mol. The number of amides is 2. The first-order chi connectivity index (χ1) is 8.72. The Morgan fingerprint density at radius 2 is 1.74 bits per heavy atom. The van der Waals surface area contributed by atoms with E-state index in [1.165, 1.54) is 4.90 Å². The fourth-order valence-corrected chi connectivity index (χ4v) is 1.54. The minimum Gasteiger partial charge on any atom is -0.481 e. The van der Waals surface area contributed by atoms with Gasteiger partial charge in [0.05, 0.1) is 6.42 Å². The lowest BCUT2D eigenvalue weighted by atomic mass is 9.85. The Morgan fingerprint density at radius 1 is 1.26 bits per heavy atom. The first kappa shape index (κ1) is 17.2. The van der Waals surface area contributed by atoms with Crippen molar-refractivity contribution in [3.63, 3.8) is 0 Å². The molecule has 0 aromatic heterocycles. The summed E-state index contributed by atoms with van der Waals surface area (Å²) in [6, 6.07) is -0.740. The molecule has 0 rings (SSSR count). The molecule has 2 N–H and O–H groups in total. The lowest BCUT2D eigenvalue weighted by Gasteiger charge is -2.32. The van der Waals surface area contributed by atoms with Crippen LogP contribution in [0.3, 0.4) is 0 Å². The van der Waals surface area contributed by atoms with Crippen LogP contribution in [0.15, 0.2) is 25.3 Å². The van der Waals surface area contributed by atoms with E-state index in [9.17, 15) is 9.59 Å². The van der Waals surface area contributed by atoms with Crippen molar-refractivity contribution in [1.82, 2.24) is 10.2 Å². The van der Waals surface area contributed by atoms with Crippen molar-refractivity contribution in [1.29, 1.82) is 0 Å². The van der Waals surface area contributed by atoms with Crippen LogP contribution in [-0.2, 0) is 4.79 Å². The molecule has 0 aromatic carbocycles. The first-order valence-electron chi connectivity index (χ1n) is 6.21. The number of rotatable bonds is 7. The molecule has 5 nitrogen and oxygen atoms in total. The number of carboxylic acids is 1. The van der Waals surface area contributed by atoms with Gasteiger partial charge in [0, 0.05) is 19.1 Å². The molecule has 0 spiro atoms. The highest BCUT2D eigenvalue weighted by Crippen LogP contribution is 2.22. The Balaban J connectivity index is 4.80. The molecule has 0 fully saturated rings. The van der Waals surface area contributed by atoms with Gasteiger partial charge in [-0.15, -0.1) is 13.2 Å². The highest BCUT2D eigenvalue weighted by atomic mass is 16.4. The molecular formula is C14H24N2O3. The summed E-state index contributed by atoms with van der Waals surface area (Å²) >= 11 is 0.